The molecule has 1 aliphatic heterocycles. The molecule has 32 heavy (non-hydrogen) atoms. The molecule has 10 heteroatoms. The van der Waals surface area contributed by atoms with Crippen molar-refractivity contribution in [2.45, 2.75) is 43.9 Å². The van der Waals surface area contributed by atoms with Crippen molar-refractivity contribution in [3.8, 4) is 17.6 Å². The number of hydrogen-bond acceptors (Lipinski definition) is 7. The number of aromatic nitrogens is 6. The minimum absolute atomic E-state index is 0.237. The summed E-state index contributed by atoms with van der Waals surface area (Å²) in [5.74, 6) is 0. The lowest BCUT2D eigenvalue weighted by molar-refractivity contribution is -0.0447. The van der Waals surface area contributed by atoms with Crippen molar-refractivity contribution in [3.63, 3.8) is 0 Å². The van der Waals surface area contributed by atoms with Gasteiger partial charge < -0.3 is 9.47 Å². The van der Waals surface area contributed by atoms with Crippen LogP contribution in [-0.4, -0.2) is 42.7 Å². The smallest absolute Gasteiger partial charge is 0.280 e. The molecule has 4 heterocycles. The van der Waals surface area contributed by atoms with Crippen LogP contribution in [0.3, 0.4) is 0 Å². The van der Waals surface area contributed by atoms with Crippen molar-refractivity contribution in [2.75, 3.05) is 13.7 Å². The number of fused-ring (bicyclic) bond motifs is 3. The van der Waals surface area contributed by atoms with Gasteiger partial charge in [-0.25, -0.2) is 4.98 Å². The van der Waals surface area contributed by atoms with Gasteiger partial charge in [0.05, 0.1) is 11.0 Å². The number of ether oxygens (including phenoxy) is 2. The molecule has 3 aromatic heterocycles. The fourth-order valence-corrected chi connectivity index (χ4v) is 4.91. The van der Waals surface area contributed by atoms with E-state index in [4.69, 9.17) is 9.47 Å². The van der Waals surface area contributed by atoms with Gasteiger partial charge in [-0.3, -0.25) is 13.8 Å². The van der Waals surface area contributed by atoms with E-state index in [0.717, 1.165) is 41.4 Å². The lowest BCUT2D eigenvalue weighted by Gasteiger charge is -2.28. The van der Waals surface area contributed by atoms with Gasteiger partial charge >= 0.3 is 0 Å². The molecule has 0 radical (unpaired) electrons. The molecule has 0 amide bonds. The SMILES string of the molecule is COC1(c2nnn(C#N)c2-c2ncn3c2c(=O)n(C2(C)CCCO2)c2ccccc23)CC1. The summed E-state index contributed by atoms with van der Waals surface area (Å²) in [7, 11) is 1.62. The van der Waals surface area contributed by atoms with Gasteiger partial charge in [0.15, 0.2) is 0 Å². The molecular formula is C22H21N7O3. The third kappa shape index (κ3) is 2.40. The predicted octanol–water partition coefficient (Wildman–Crippen LogP) is 2.36. The first-order valence-corrected chi connectivity index (χ1v) is 10.6. The molecule has 1 saturated heterocycles. The van der Waals surface area contributed by atoms with Crippen molar-refractivity contribution < 1.29 is 9.47 Å². The summed E-state index contributed by atoms with van der Waals surface area (Å²) in [6.07, 6.45) is 6.79. The van der Waals surface area contributed by atoms with Crippen LogP contribution in [-0.2, 0) is 20.8 Å². The molecule has 2 fully saturated rings. The van der Waals surface area contributed by atoms with Crippen molar-refractivity contribution in [1.29, 1.82) is 5.26 Å². The number of nitriles is 1. The minimum Gasteiger partial charge on any atom is -0.372 e. The second-order valence-electron chi connectivity index (χ2n) is 8.56. The maximum Gasteiger partial charge on any atom is 0.280 e. The number of rotatable bonds is 4. The van der Waals surface area contributed by atoms with Gasteiger partial charge in [0.25, 0.3) is 5.56 Å². The van der Waals surface area contributed by atoms with Crippen molar-refractivity contribution in [2.24, 2.45) is 0 Å². The summed E-state index contributed by atoms with van der Waals surface area (Å²) in [5.41, 5.74) is 1.63. The van der Waals surface area contributed by atoms with Gasteiger partial charge in [0.2, 0.25) is 6.19 Å². The summed E-state index contributed by atoms with van der Waals surface area (Å²) in [6, 6.07) is 7.69. The number of methoxy groups -OCH3 is 1. The largest absolute Gasteiger partial charge is 0.372 e. The van der Waals surface area contributed by atoms with Crippen LogP contribution in [0.1, 0.15) is 38.3 Å². The third-order valence-electron chi connectivity index (χ3n) is 6.74. The Labute approximate surface area is 182 Å². The summed E-state index contributed by atoms with van der Waals surface area (Å²) < 4.78 is 16.4. The standard InChI is InChI=1S/C22H21N7O3/c1-21(8-5-11-32-21)29-15-7-4-3-6-14(15)27-13-24-16(18(27)20(29)30)17-19(22(31-2)9-10-22)25-26-28(17)12-23/h3-4,6-7,13H,5,8-11H2,1-2H3. The average molecular weight is 431 g/mol. The highest BCUT2D eigenvalue weighted by atomic mass is 16.5. The second kappa shape index (κ2) is 6.48. The molecule has 1 aromatic carbocycles. The number of hydrogen-bond donors (Lipinski definition) is 0. The first-order valence-electron chi connectivity index (χ1n) is 10.6. The zero-order valence-corrected chi connectivity index (χ0v) is 17.8. The quantitative estimate of drug-likeness (QED) is 0.487. The van der Waals surface area contributed by atoms with Crippen LogP contribution in [0.2, 0.25) is 0 Å². The van der Waals surface area contributed by atoms with E-state index in [2.05, 4.69) is 15.3 Å². The van der Waals surface area contributed by atoms with E-state index in [0.29, 0.717) is 29.2 Å². The molecule has 10 nitrogen and oxygen atoms in total. The Kier molecular flexibility index (Phi) is 3.88. The first-order chi connectivity index (χ1) is 15.5. The maximum atomic E-state index is 14.0. The molecule has 0 N–H and O–H groups in total. The Morgan fingerprint density at radius 3 is 2.66 bits per heavy atom. The van der Waals surface area contributed by atoms with Gasteiger partial charge in [0, 0.05) is 13.7 Å². The highest BCUT2D eigenvalue weighted by Crippen LogP contribution is 2.50. The average Bonchev–Trinajstić information content (AvgIpc) is 3.13. The summed E-state index contributed by atoms with van der Waals surface area (Å²) >= 11 is 0. The van der Waals surface area contributed by atoms with Crippen LogP contribution in [0, 0.1) is 11.5 Å². The normalized spacial score (nSPS) is 21.9. The molecule has 6 rings (SSSR count). The molecule has 1 aliphatic carbocycles. The van der Waals surface area contributed by atoms with Crippen LogP contribution in [0.4, 0.5) is 0 Å². The molecule has 1 unspecified atom stereocenters. The van der Waals surface area contributed by atoms with E-state index in [-0.39, 0.29) is 5.56 Å². The van der Waals surface area contributed by atoms with E-state index < -0.39 is 11.3 Å². The van der Waals surface area contributed by atoms with Crippen molar-refractivity contribution >= 4 is 16.6 Å². The van der Waals surface area contributed by atoms with E-state index in [1.54, 1.807) is 22.4 Å². The Morgan fingerprint density at radius 2 is 2.00 bits per heavy atom. The van der Waals surface area contributed by atoms with Gasteiger partial charge in [-0.15, -0.1) is 9.78 Å². The Bertz CT molecular complexity index is 1480. The van der Waals surface area contributed by atoms with Gasteiger partial charge in [-0.05, 0) is 44.7 Å². The third-order valence-corrected chi connectivity index (χ3v) is 6.74. The monoisotopic (exact) mass is 431 g/mol. The van der Waals surface area contributed by atoms with Gasteiger partial charge in [-0.1, -0.05) is 17.3 Å². The molecule has 1 saturated carbocycles. The topological polar surface area (TPSA) is 112 Å². The number of benzene rings is 1. The molecular weight excluding hydrogens is 410 g/mol. The van der Waals surface area contributed by atoms with Crippen LogP contribution in [0.15, 0.2) is 35.4 Å². The fraction of sp³-hybridized carbons (Fsp3) is 0.409. The number of imidazole rings is 1. The van der Waals surface area contributed by atoms with E-state index >= 15 is 0 Å². The zero-order chi connectivity index (χ0) is 22.1. The highest BCUT2D eigenvalue weighted by molar-refractivity contribution is 5.85. The van der Waals surface area contributed by atoms with Gasteiger partial charge in [0.1, 0.15) is 40.3 Å². The minimum atomic E-state index is -0.763. The van der Waals surface area contributed by atoms with Crippen molar-refractivity contribution in [1.82, 2.24) is 28.9 Å². The summed E-state index contributed by atoms with van der Waals surface area (Å²) in [5, 5.41) is 17.9. The molecule has 0 spiro atoms. The Balaban J connectivity index is 1.73. The number of para-hydroxylation sites is 2. The van der Waals surface area contributed by atoms with E-state index in [1.165, 1.54) is 0 Å². The van der Waals surface area contributed by atoms with Crippen LogP contribution >= 0.6 is 0 Å². The zero-order valence-electron chi connectivity index (χ0n) is 17.8. The molecule has 162 valence electrons. The lowest BCUT2D eigenvalue weighted by Crippen LogP contribution is -2.39. The fourth-order valence-electron chi connectivity index (χ4n) is 4.91. The Morgan fingerprint density at radius 1 is 1.22 bits per heavy atom. The number of nitrogens with zero attached hydrogens (tertiary/aromatic N) is 7. The molecule has 4 aromatic rings. The maximum absolute atomic E-state index is 14.0. The second-order valence-corrected chi connectivity index (χ2v) is 8.56. The van der Waals surface area contributed by atoms with Crippen LogP contribution in [0.25, 0.3) is 27.9 Å². The van der Waals surface area contributed by atoms with Crippen molar-refractivity contribution in [3.05, 3.63) is 46.6 Å². The van der Waals surface area contributed by atoms with Crippen LogP contribution < -0.4 is 5.56 Å². The predicted molar refractivity (Wildman–Crippen MR) is 114 cm³/mol. The summed E-state index contributed by atoms with van der Waals surface area (Å²) in [4.78, 5) is 18.6. The Hall–Kier alpha value is -3.55. The molecule has 2 aliphatic rings. The summed E-state index contributed by atoms with van der Waals surface area (Å²) in [6.45, 7) is 2.54. The first kappa shape index (κ1) is 19.2. The van der Waals surface area contributed by atoms with Crippen LogP contribution in [0.5, 0.6) is 0 Å². The highest BCUT2D eigenvalue weighted by Gasteiger charge is 2.50. The van der Waals surface area contributed by atoms with Gasteiger partial charge in [-0.2, -0.15) is 5.26 Å². The van der Waals surface area contributed by atoms with E-state index in [9.17, 15) is 10.1 Å². The molecule has 1 atom stereocenters. The van der Waals surface area contributed by atoms with E-state index in [1.807, 2.05) is 37.4 Å². The molecule has 0 bridgehead atoms. The lowest BCUT2D eigenvalue weighted by atomic mass is 10.1.